The van der Waals surface area contributed by atoms with Gasteiger partial charge in [-0.05, 0) is 48.4 Å². The van der Waals surface area contributed by atoms with Crippen molar-refractivity contribution >= 4 is 35.6 Å². The van der Waals surface area contributed by atoms with Gasteiger partial charge in [-0.15, -0.1) is 24.0 Å². The van der Waals surface area contributed by atoms with Gasteiger partial charge < -0.3 is 25.3 Å². The molecule has 2 aromatic rings. The third-order valence-corrected chi connectivity index (χ3v) is 3.78. The molecule has 2 aromatic carbocycles. The van der Waals surface area contributed by atoms with Crippen molar-refractivity contribution in [3.8, 4) is 11.5 Å². The van der Waals surface area contributed by atoms with Gasteiger partial charge in [0.05, 0.1) is 13.7 Å². The second-order valence-corrected chi connectivity index (χ2v) is 5.53. The number of hydrogen-bond donors (Lipinski definition) is 2. The molecule has 3 rings (SSSR count). The van der Waals surface area contributed by atoms with Crippen molar-refractivity contribution in [1.29, 1.82) is 0 Å². The third kappa shape index (κ3) is 5.21. The maximum Gasteiger partial charge on any atom is 0.193 e. The number of nitrogens with two attached hydrogens (primary N) is 1. The summed E-state index contributed by atoms with van der Waals surface area (Å²) >= 11 is 0. The Kier molecular flexibility index (Phi) is 7.46. The van der Waals surface area contributed by atoms with Gasteiger partial charge in [-0.25, -0.2) is 4.39 Å². The molecule has 1 aliphatic heterocycles. The number of nitrogens with one attached hydrogen (secondary N) is 1. The minimum Gasteiger partial charge on any atom is -0.497 e. The third-order valence-electron chi connectivity index (χ3n) is 3.78. The van der Waals surface area contributed by atoms with E-state index in [1.807, 2.05) is 24.3 Å². The number of nitrogens with zero attached hydrogens (tertiary/aromatic N) is 1. The first kappa shape index (κ1) is 20.2. The Bertz CT molecular complexity index is 769. The van der Waals surface area contributed by atoms with Crippen molar-refractivity contribution in [3.05, 3.63) is 53.3 Å². The van der Waals surface area contributed by atoms with E-state index in [1.165, 1.54) is 12.1 Å². The van der Waals surface area contributed by atoms with E-state index in [0.29, 0.717) is 31.3 Å². The number of fused-ring (bicyclic) bond motifs is 1. The van der Waals surface area contributed by atoms with E-state index in [1.54, 1.807) is 7.11 Å². The monoisotopic (exact) mass is 473 g/mol. The molecule has 0 spiro atoms. The van der Waals surface area contributed by atoms with E-state index in [4.69, 9.17) is 19.9 Å². The maximum absolute atomic E-state index is 13.7. The first-order valence-electron chi connectivity index (χ1n) is 7.88. The molecule has 140 valence electrons. The summed E-state index contributed by atoms with van der Waals surface area (Å²) in [6.45, 7) is 0.940. The van der Waals surface area contributed by atoms with Crippen LogP contribution >= 0.6 is 24.0 Å². The number of rotatable bonds is 5. The second kappa shape index (κ2) is 9.58. The number of guanidine groups is 1. The van der Waals surface area contributed by atoms with Crippen molar-refractivity contribution in [1.82, 2.24) is 0 Å². The van der Waals surface area contributed by atoms with Crippen LogP contribution in [0.3, 0.4) is 0 Å². The molecular formula is C18H21FIN3O3. The summed E-state index contributed by atoms with van der Waals surface area (Å²) in [7, 11) is 1.61. The first-order valence-corrected chi connectivity index (χ1v) is 7.88. The highest BCUT2D eigenvalue weighted by molar-refractivity contribution is 14.0. The average Bonchev–Trinajstić information content (AvgIpc) is 2.62. The van der Waals surface area contributed by atoms with Crippen molar-refractivity contribution in [2.45, 2.75) is 13.0 Å². The lowest BCUT2D eigenvalue weighted by atomic mass is 10.1. The molecular weight excluding hydrogens is 452 g/mol. The SMILES string of the molecule is COc1ccc(NC(N)=NCCc2cc(F)cc3c2OCOC3)cc1.I. The molecule has 6 nitrogen and oxygen atoms in total. The molecule has 0 radical (unpaired) electrons. The van der Waals surface area contributed by atoms with E-state index in [9.17, 15) is 4.39 Å². The molecule has 26 heavy (non-hydrogen) atoms. The van der Waals surface area contributed by atoms with Gasteiger partial charge in [0.2, 0.25) is 0 Å². The van der Waals surface area contributed by atoms with Gasteiger partial charge >= 0.3 is 0 Å². The van der Waals surface area contributed by atoms with Gasteiger partial charge in [0.15, 0.2) is 12.8 Å². The number of benzene rings is 2. The van der Waals surface area contributed by atoms with Crippen molar-refractivity contribution in [3.63, 3.8) is 0 Å². The van der Waals surface area contributed by atoms with Crippen LogP contribution in [0.4, 0.5) is 10.1 Å². The molecule has 0 fully saturated rings. The zero-order chi connectivity index (χ0) is 17.6. The van der Waals surface area contributed by atoms with Crippen LogP contribution in [0.15, 0.2) is 41.4 Å². The molecule has 0 aliphatic carbocycles. The van der Waals surface area contributed by atoms with Crippen LogP contribution in [0.2, 0.25) is 0 Å². The van der Waals surface area contributed by atoms with E-state index >= 15 is 0 Å². The molecule has 8 heteroatoms. The summed E-state index contributed by atoms with van der Waals surface area (Å²) in [6, 6.07) is 10.2. The zero-order valence-corrected chi connectivity index (χ0v) is 16.7. The molecule has 1 aliphatic rings. The second-order valence-electron chi connectivity index (χ2n) is 5.53. The van der Waals surface area contributed by atoms with E-state index < -0.39 is 0 Å². The number of aliphatic imine (C=N–C) groups is 1. The normalized spacial score (nSPS) is 13.2. The number of ether oxygens (including phenoxy) is 3. The number of halogens is 2. The molecule has 0 aromatic heterocycles. The van der Waals surface area contributed by atoms with Crippen LogP contribution in [-0.2, 0) is 17.8 Å². The summed E-state index contributed by atoms with van der Waals surface area (Å²) < 4.78 is 29.5. The Balaban J connectivity index is 0.00000243. The molecule has 0 atom stereocenters. The van der Waals surface area contributed by atoms with Crippen LogP contribution in [0.1, 0.15) is 11.1 Å². The highest BCUT2D eigenvalue weighted by Gasteiger charge is 2.16. The van der Waals surface area contributed by atoms with Crippen molar-refractivity contribution in [2.24, 2.45) is 10.7 Å². The molecule has 0 bridgehead atoms. The minimum absolute atomic E-state index is 0. The smallest absolute Gasteiger partial charge is 0.193 e. The Morgan fingerprint density at radius 3 is 2.81 bits per heavy atom. The van der Waals surface area contributed by atoms with Gasteiger partial charge in [0, 0.05) is 17.8 Å². The number of hydrogen-bond acceptors (Lipinski definition) is 4. The standard InChI is InChI=1S/C18H20FN3O3.HI/c1-23-16-4-2-15(3-5-16)22-18(20)21-7-6-12-8-14(19)9-13-10-24-11-25-17(12)13;/h2-5,8-9H,6-7,10-11H2,1H3,(H3,20,21,22);1H. The van der Waals surface area contributed by atoms with Gasteiger partial charge in [-0.1, -0.05) is 0 Å². The molecule has 0 saturated heterocycles. The van der Waals surface area contributed by atoms with E-state index in [-0.39, 0.29) is 36.6 Å². The van der Waals surface area contributed by atoms with Crippen LogP contribution in [0.5, 0.6) is 11.5 Å². The van der Waals surface area contributed by atoms with Crippen LogP contribution in [-0.4, -0.2) is 26.4 Å². The Morgan fingerprint density at radius 2 is 2.08 bits per heavy atom. The Labute approximate surface area is 168 Å². The fourth-order valence-electron chi connectivity index (χ4n) is 2.60. The minimum atomic E-state index is -0.309. The lowest BCUT2D eigenvalue weighted by Crippen LogP contribution is -2.23. The highest BCUT2D eigenvalue weighted by atomic mass is 127. The molecule has 3 N–H and O–H groups in total. The number of anilines is 1. The summed E-state index contributed by atoms with van der Waals surface area (Å²) in [4.78, 5) is 4.28. The topological polar surface area (TPSA) is 78.1 Å². The van der Waals surface area contributed by atoms with Crippen LogP contribution < -0.4 is 20.5 Å². The Morgan fingerprint density at radius 1 is 1.31 bits per heavy atom. The summed E-state index contributed by atoms with van der Waals surface area (Å²) in [5, 5.41) is 3.00. The summed E-state index contributed by atoms with van der Waals surface area (Å²) in [5.74, 6) is 1.43. The molecule has 0 saturated carbocycles. The first-order chi connectivity index (χ1) is 12.2. The summed E-state index contributed by atoms with van der Waals surface area (Å²) in [6.07, 6.45) is 0.519. The lowest BCUT2D eigenvalue weighted by molar-refractivity contribution is -0.0172. The van der Waals surface area contributed by atoms with Crippen LogP contribution in [0, 0.1) is 5.82 Å². The number of methoxy groups -OCH3 is 1. The predicted molar refractivity (Wildman–Crippen MR) is 109 cm³/mol. The molecule has 1 heterocycles. The predicted octanol–water partition coefficient (Wildman–Crippen LogP) is 3.29. The zero-order valence-electron chi connectivity index (χ0n) is 14.3. The van der Waals surface area contributed by atoms with Crippen molar-refractivity contribution in [2.75, 3.05) is 25.8 Å². The van der Waals surface area contributed by atoms with Gasteiger partial charge in [0.25, 0.3) is 0 Å². The Hall–Kier alpha value is -2.07. The van der Waals surface area contributed by atoms with Gasteiger partial charge in [-0.2, -0.15) is 0 Å². The summed E-state index contributed by atoms with van der Waals surface area (Å²) in [5.41, 5.74) is 8.18. The largest absolute Gasteiger partial charge is 0.497 e. The van der Waals surface area contributed by atoms with Crippen molar-refractivity contribution < 1.29 is 18.6 Å². The maximum atomic E-state index is 13.7. The van der Waals surface area contributed by atoms with Gasteiger partial charge in [-0.3, -0.25) is 4.99 Å². The van der Waals surface area contributed by atoms with E-state index in [0.717, 1.165) is 22.6 Å². The lowest BCUT2D eigenvalue weighted by Gasteiger charge is -2.20. The highest BCUT2D eigenvalue weighted by Crippen LogP contribution is 2.29. The average molecular weight is 473 g/mol. The molecule has 0 unspecified atom stereocenters. The van der Waals surface area contributed by atoms with Crippen LogP contribution in [0.25, 0.3) is 0 Å². The quantitative estimate of drug-likeness (QED) is 0.396. The fourth-order valence-corrected chi connectivity index (χ4v) is 2.60. The molecule has 0 amide bonds. The van der Waals surface area contributed by atoms with E-state index in [2.05, 4.69) is 10.3 Å². The fraction of sp³-hybridized carbons (Fsp3) is 0.278. The van der Waals surface area contributed by atoms with Gasteiger partial charge in [0.1, 0.15) is 17.3 Å².